The molecule has 0 aliphatic heterocycles. The maximum absolute atomic E-state index is 11.4. The van der Waals surface area contributed by atoms with E-state index >= 15 is 0 Å². The number of hydrazone groups is 2. The van der Waals surface area contributed by atoms with Gasteiger partial charge in [-0.25, -0.2) is 10.9 Å². The van der Waals surface area contributed by atoms with Gasteiger partial charge < -0.3 is 0 Å². The molecular weight excluding hydrogens is 244 g/mol. The van der Waals surface area contributed by atoms with Crippen LogP contribution in [-0.4, -0.2) is 23.2 Å². The molecule has 6 nitrogen and oxygen atoms in total. The first-order valence-corrected chi connectivity index (χ1v) is 6.63. The zero-order valence-corrected chi connectivity index (χ0v) is 12.2. The van der Waals surface area contributed by atoms with Crippen LogP contribution in [0.15, 0.2) is 10.2 Å². The molecule has 0 unspecified atom stereocenters. The van der Waals surface area contributed by atoms with Gasteiger partial charge in [0.25, 0.3) is 0 Å². The van der Waals surface area contributed by atoms with Gasteiger partial charge in [-0.2, -0.15) is 10.2 Å². The Balaban J connectivity index is 3.79. The van der Waals surface area contributed by atoms with E-state index in [1.54, 1.807) is 0 Å². The van der Waals surface area contributed by atoms with Gasteiger partial charge in [0.1, 0.15) is 0 Å². The predicted octanol–water partition coefficient (Wildman–Crippen LogP) is 1.96. The van der Waals surface area contributed by atoms with E-state index in [1.807, 2.05) is 27.7 Å². The third-order valence-corrected chi connectivity index (χ3v) is 2.57. The van der Waals surface area contributed by atoms with Crippen molar-refractivity contribution in [2.75, 3.05) is 0 Å². The van der Waals surface area contributed by atoms with Crippen LogP contribution in [0, 0.1) is 0 Å². The van der Waals surface area contributed by atoms with E-state index in [0.29, 0.717) is 6.42 Å². The van der Waals surface area contributed by atoms with Crippen molar-refractivity contribution in [1.29, 1.82) is 0 Å². The molecule has 0 aromatic carbocycles. The first-order valence-electron chi connectivity index (χ1n) is 6.63. The SMILES string of the molecule is CC/C(C)=N\NC(=O)CCCC(=O)N/N=C(/C)CC. The monoisotopic (exact) mass is 268 g/mol. The van der Waals surface area contributed by atoms with Crippen LogP contribution in [0.3, 0.4) is 0 Å². The Labute approximate surface area is 114 Å². The van der Waals surface area contributed by atoms with Gasteiger partial charge in [0.05, 0.1) is 0 Å². The van der Waals surface area contributed by atoms with Gasteiger partial charge in [-0.15, -0.1) is 0 Å². The molecule has 0 heterocycles. The van der Waals surface area contributed by atoms with Crippen LogP contribution in [0.4, 0.5) is 0 Å². The molecule has 0 aromatic rings. The average Bonchev–Trinajstić information content (AvgIpc) is 2.41. The van der Waals surface area contributed by atoms with Crippen molar-refractivity contribution < 1.29 is 9.59 Å². The number of carbonyl (C=O) groups is 2. The van der Waals surface area contributed by atoms with E-state index in [1.165, 1.54) is 0 Å². The second kappa shape index (κ2) is 10.2. The molecular formula is C13H24N4O2. The predicted molar refractivity (Wildman–Crippen MR) is 76.9 cm³/mol. The highest BCUT2D eigenvalue weighted by Gasteiger charge is 2.04. The summed E-state index contributed by atoms with van der Waals surface area (Å²) < 4.78 is 0. The molecule has 2 N–H and O–H groups in total. The number of nitrogens with zero attached hydrogens (tertiary/aromatic N) is 2. The van der Waals surface area contributed by atoms with Crippen LogP contribution < -0.4 is 10.9 Å². The molecule has 0 saturated heterocycles. The molecule has 0 aliphatic carbocycles. The van der Waals surface area contributed by atoms with Crippen LogP contribution in [0.5, 0.6) is 0 Å². The van der Waals surface area contributed by atoms with Gasteiger partial charge in [0.15, 0.2) is 0 Å². The van der Waals surface area contributed by atoms with E-state index in [0.717, 1.165) is 24.3 Å². The van der Waals surface area contributed by atoms with E-state index in [-0.39, 0.29) is 24.7 Å². The Hall–Kier alpha value is -1.72. The summed E-state index contributed by atoms with van der Waals surface area (Å²) in [5, 5.41) is 7.81. The molecule has 19 heavy (non-hydrogen) atoms. The molecule has 0 saturated carbocycles. The average molecular weight is 268 g/mol. The third-order valence-electron chi connectivity index (χ3n) is 2.57. The minimum absolute atomic E-state index is 0.172. The van der Waals surface area contributed by atoms with Gasteiger partial charge in [-0.3, -0.25) is 9.59 Å². The summed E-state index contributed by atoms with van der Waals surface area (Å²) in [6, 6.07) is 0. The molecule has 0 spiro atoms. The molecule has 0 aromatic heterocycles. The standard InChI is InChI=1S/C13H24N4O2/c1-5-10(3)14-16-12(18)8-7-9-13(19)17-15-11(4)6-2/h5-9H2,1-4H3,(H,16,18)(H,17,19)/b14-10-,15-11-. The number of hydrogen-bond donors (Lipinski definition) is 2. The fourth-order valence-corrected chi connectivity index (χ4v) is 0.995. The van der Waals surface area contributed by atoms with Crippen molar-refractivity contribution in [3.8, 4) is 0 Å². The highest BCUT2D eigenvalue weighted by molar-refractivity contribution is 5.85. The number of carbonyl (C=O) groups excluding carboxylic acids is 2. The summed E-state index contributed by atoms with van der Waals surface area (Å²) in [5.41, 5.74) is 6.65. The van der Waals surface area contributed by atoms with Crippen molar-refractivity contribution in [1.82, 2.24) is 10.9 Å². The van der Waals surface area contributed by atoms with E-state index in [4.69, 9.17) is 0 Å². The topological polar surface area (TPSA) is 82.9 Å². The number of amides is 2. The Morgan fingerprint density at radius 2 is 1.21 bits per heavy atom. The lowest BCUT2D eigenvalue weighted by Gasteiger charge is -2.02. The molecule has 0 fully saturated rings. The van der Waals surface area contributed by atoms with E-state index in [9.17, 15) is 9.59 Å². The van der Waals surface area contributed by atoms with Crippen LogP contribution in [0.2, 0.25) is 0 Å². The van der Waals surface area contributed by atoms with Crippen LogP contribution in [-0.2, 0) is 9.59 Å². The van der Waals surface area contributed by atoms with Crippen molar-refractivity contribution in [2.45, 2.75) is 59.8 Å². The molecule has 0 bridgehead atoms. The molecule has 0 rings (SSSR count). The second-order valence-corrected chi connectivity index (χ2v) is 4.32. The summed E-state index contributed by atoms with van der Waals surface area (Å²) >= 11 is 0. The number of hydrogen-bond acceptors (Lipinski definition) is 4. The minimum Gasteiger partial charge on any atom is -0.273 e. The van der Waals surface area contributed by atoms with E-state index in [2.05, 4.69) is 21.1 Å². The van der Waals surface area contributed by atoms with Gasteiger partial charge in [0.2, 0.25) is 11.8 Å². The highest BCUT2D eigenvalue weighted by Crippen LogP contribution is 1.96. The Morgan fingerprint density at radius 3 is 1.53 bits per heavy atom. The summed E-state index contributed by atoms with van der Waals surface area (Å²) in [5.74, 6) is -0.345. The molecule has 0 atom stereocenters. The van der Waals surface area contributed by atoms with Crippen molar-refractivity contribution in [3.63, 3.8) is 0 Å². The lowest BCUT2D eigenvalue weighted by atomic mass is 10.2. The Morgan fingerprint density at radius 1 is 0.842 bits per heavy atom. The van der Waals surface area contributed by atoms with Gasteiger partial charge in [-0.05, 0) is 33.1 Å². The molecule has 6 heteroatoms. The lowest BCUT2D eigenvalue weighted by Crippen LogP contribution is -2.21. The highest BCUT2D eigenvalue weighted by atomic mass is 16.2. The quantitative estimate of drug-likeness (QED) is 0.521. The number of nitrogens with one attached hydrogen (secondary N) is 2. The molecule has 108 valence electrons. The largest absolute Gasteiger partial charge is 0.273 e. The summed E-state index contributed by atoms with van der Waals surface area (Å²) in [6.45, 7) is 7.63. The summed E-state index contributed by atoms with van der Waals surface area (Å²) in [6.07, 6.45) is 2.66. The van der Waals surface area contributed by atoms with Crippen LogP contribution in [0.1, 0.15) is 59.8 Å². The second-order valence-electron chi connectivity index (χ2n) is 4.32. The smallest absolute Gasteiger partial charge is 0.240 e. The Bertz CT molecular complexity index is 328. The Kier molecular flexibility index (Phi) is 9.30. The minimum atomic E-state index is -0.172. The first-order chi connectivity index (χ1) is 8.99. The molecule has 0 aliphatic rings. The van der Waals surface area contributed by atoms with Crippen molar-refractivity contribution in [2.24, 2.45) is 10.2 Å². The maximum Gasteiger partial charge on any atom is 0.240 e. The fraction of sp³-hybridized carbons (Fsp3) is 0.692. The van der Waals surface area contributed by atoms with Crippen LogP contribution in [0.25, 0.3) is 0 Å². The zero-order chi connectivity index (χ0) is 14.7. The van der Waals surface area contributed by atoms with Gasteiger partial charge in [0, 0.05) is 24.3 Å². The molecule has 2 amide bonds. The van der Waals surface area contributed by atoms with Crippen molar-refractivity contribution in [3.05, 3.63) is 0 Å². The maximum atomic E-state index is 11.4. The normalized spacial score (nSPS) is 12.2. The molecule has 0 radical (unpaired) electrons. The zero-order valence-electron chi connectivity index (χ0n) is 12.2. The number of rotatable bonds is 8. The third kappa shape index (κ3) is 9.93. The lowest BCUT2D eigenvalue weighted by molar-refractivity contribution is -0.122. The van der Waals surface area contributed by atoms with E-state index < -0.39 is 0 Å². The van der Waals surface area contributed by atoms with Gasteiger partial charge in [-0.1, -0.05) is 13.8 Å². The van der Waals surface area contributed by atoms with Crippen LogP contribution >= 0.6 is 0 Å². The fourth-order valence-electron chi connectivity index (χ4n) is 0.995. The first kappa shape index (κ1) is 17.3. The van der Waals surface area contributed by atoms with Gasteiger partial charge >= 0.3 is 0 Å². The summed E-state index contributed by atoms with van der Waals surface area (Å²) in [7, 11) is 0. The summed E-state index contributed by atoms with van der Waals surface area (Å²) in [4.78, 5) is 22.8. The van der Waals surface area contributed by atoms with Crippen molar-refractivity contribution >= 4 is 23.2 Å².